The van der Waals surface area contributed by atoms with Gasteiger partial charge in [-0.15, -0.1) is 0 Å². The maximum atomic E-state index is 12.6. The smallest absolute Gasteiger partial charge is 0.343 e. The largest absolute Gasteiger partial charge is 0.452 e. The Kier molecular flexibility index (Phi) is 6.85. The molecule has 0 bridgehead atoms. The van der Waals surface area contributed by atoms with Gasteiger partial charge in [-0.2, -0.15) is 5.10 Å². The van der Waals surface area contributed by atoms with Crippen LogP contribution >= 0.6 is 23.2 Å². The van der Waals surface area contributed by atoms with E-state index in [9.17, 15) is 9.59 Å². The van der Waals surface area contributed by atoms with Gasteiger partial charge in [0, 0.05) is 17.1 Å². The standard InChI is InChI=1S/C21H25Cl2N3O3/c1-13-7-6-8-14(2)26(13)18(27)12-29-21(28)19-15(3)24-25(20(19)23)11-16-9-4-5-10-17(16)22/h4-5,9-10,13-14H,6-8,11-12H2,1-3H3. The summed E-state index contributed by atoms with van der Waals surface area (Å²) in [4.78, 5) is 27.0. The molecule has 0 aliphatic carbocycles. The number of likely N-dealkylation sites (tertiary alicyclic amines) is 1. The minimum absolute atomic E-state index is 0.147. The van der Waals surface area contributed by atoms with Crippen LogP contribution in [0, 0.1) is 6.92 Å². The topological polar surface area (TPSA) is 64.4 Å². The summed E-state index contributed by atoms with van der Waals surface area (Å²) in [6, 6.07) is 7.65. The number of ether oxygens (including phenoxy) is 1. The highest BCUT2D eigenvalue weighted by Crippen LogP contribution is 2.25. The lowest BCUT2D eigenvalue weighted by molar-refractivity contribution is -0.140. The third-order valence-electron chi connectivity index (χ3n) is 5.36. The molecule has 1 aliphatic rings. The number of rotatable bonds is 5. The van der Waals surface area contributed by atoms with E-state index in [1.165, 1.54) is 4.68 Å². The highest BCUT2D eigenvalue weighted by molar-refractivity contribution is 6.33. The Morgan fingerprint density at radius 1 is 1.17 bits per heavy atom. The van der Waals surface area contributed by atoms with Crippen molar-refractivity contribution in [3.63, 3.8) is 0 Å². The Hall–Kier alpha value is -2.05. The first kappa shape index (κ1) is 21.7. The number of aromatic nitrogens is 2. The normalized spacial score (nSPS) is 19.3. The fourth-order valence-corrected chi connectivity index (χ4v) is 4.37. The van der Waals surface area contributed by atoms with E-state index >= 15 is 0 Å². The molecule has 3 rings (SSSR count). The van der Waals surface area contributed by atoms with Crippen molar-refractivity contribution >= 4 is 35.1 Å². The Morgan fingerprint density at radius 2 is 1.83 bits per heavy atom. The molecule has 1 amide bonds. The molecule has 0 N–H and O–H groups in total. The van der Waals surface area contributed by atoms with E-state index in [0.717, 1.165) is 24.8 Å². The van der Waals surface area contributed by atoms with E-state index in [2.05, 4.69) is 5.10 Å². The lowest BCUT2D eigenvalue weighted by Crippen LogP contribution is -2.49. The molecule has 2 atom stereocenters. The maximum Gasteiger partial charge on any atom is 0.343 e. The van der Waals surface area contributed by atoms with Crippen LogP contribution in [0.15, 0.2) is 24.3 Å². The molecule has 0 radical (unpaired) electrons. The van der Waals surface area contributed by atoms with Gasteiger partial charge in [0.25, 0.3) is 5.91 Å². The summed E-state index contributed by atoms with van der Waals surface area (Å²) >= 11 is 12.6. The van der Waals surface area contributed by atoms with Crippen LogP contribution in [0.3, 0.4) is 0 Å². The summed E-state index contributed by atoms with van der Waals surface area (Å²) in [7, 11) is 0. The van der Waals surface area contributed by atoms with Crippen molar-refractivity contribution in [2.75, 3.05) is 6.61 Å². The van der Waals surface area contributed by atoms with Gasteiger partial charge < -0.3 is 9.64 Å². The van der Waals surface area contributed by atoms with Crippen LogP contribution < -0.4 is 0 Å². The predicted octanol–water partition coefficient (Wildman–Crippen LogP) is 4.49. The zero-order chi connectivity index (χ0) is 21.1. The fourth-order valence-electron chi connectivity index (χ4n) is 3.86. The van der Waals surface area contributed by atoms with Gasteiger partial charge in [0.1, 0.15) is 10.7 Å². The summed E-state index contributed by atoms with van der Waals surface area (Å²) < 4.78 is 6.80. The minimum Gasteiger partial charge on any atom is -0.452 e. The van der Waals surface area contributed by atoms with E-state index in [0.29, 0.717) is 17.3 Å². The molecule has 6 nitrogen and oxygen atoms in total. The van der Waals surface area contributed by atoms with Crippen molar-refractivity contribution in [1.82, 2.24) is 14.7 Å². The van der Waals surface area contributed by atoms with Gasteiger partial charge >= 0.3 is 5.97 Å². The SMILES string of the molecule is Cc1nn(Cc2ccccc2Cl)c(Cl)c1C(=O)OCC(=O)N1C(C)CCCC1C. The molecular weight excluding hydrogens is 413 g/mol. The van der Waals surface area contributed by atoms with Gasteiger partial charge in [-0.25, -0.2) is 9.48 Å². The van der Waals surface area contributed by atoms with E-state index in [-0.39, 0.29) is 35.3 Å². The molecule has 1 fully saturated rings. The molecule has 2 aromatic rings. The zero-order valence-corrected chi connectivity index (χ0v) is 18.3. The van der Waals surface area contributed by atoms with Gasteiger partial charge in [0.2, 0.25) is 0 Å². The van der Waals surface area contributed by atoms with Crippen LogP contribution in [0.1, 0.15) is 54.7 Å². The minimum atomic E-state index is -0.649. The number of nitrogens with zero attached hydrogens (tertiary/aromatic N) is 3. The van der Waals surface area contributed by atoms with Gasteiger partial charge in [-0.05, 0) is 51.7 Å². The Labute approximate surface area is 180 Å². The number of piperidine rings is 1. The van der Waals surface area contributed by atoms with Crippen molar-refractivity contribution in [3.05, 3.63) is 51.3 Å². The summed E-state index contributed by atoms with van der Waals surface area (Å²) in [6.45, 7) is 5.75. The number of halogens is 2. The number of amides is 1. The van der Waals surface area contributed by atoms with Gasteiger partial charge in [-0.1, -0.05) is 41.4 Å². The highest BCUT2D eigenvalue weighted by Gasteiger charge is 2.30. The predicted molar refractivity (Wildman–Crippen MR) is 112 cm³/mol. The van der Waals surface area contributed by atoms with Crippen LogP contribution in [-0.2, 0) is 16.1 Å². The zero-order valence-electron chi connectivity index (χ0n) is 16.8. The Bertz CT molecular complexity index is 903. The summed E-state index contributed by atoms with van der Waals surface area (Å²) in [5.74, 6) is -0.834. The van der Waals surface area contributed by atoms with Crippen molar-refractivity contribution in [3.8, 4) is 0 Å². The molecule has 1 aromatic heterocycles. The third-order valence-corrected chi connectivity index (χ3v) is 6.11. The molecule has 29 heavy (non-hydrogen) atoms. The number of hydrogen-bond acceptors (Lipinski definition) is 4. The van der Waals surface area contributed by atoms with E-state index in [1.54, 1.807) is 13.0 Å². The van der Waals surface area contributed by atoms with Gasteiger partial charge in [0.05, 0.1) is 12.2 Å². The molecule has 8 heteroatoms. The molecule has 0 spiro atoms. The molecule has 1 aromatic carbocycles. The Balaban J connectivity index is 1.69. The average Bonchev–Trinajstić information content (AvgIpc) is 2.95. The van der Waals surface area contributed by atoms with Crippen LogP contribution in [0.25, 0.3) is 0 Å². The first-order chi connectivity index (χ1) is 13.8. The van der Waals surface area contributed by atoms with Crippen LogP contribution in [-0.4, -0.2) is 45.2 Å². The second kappa shape index (κ2) is 9.18. The van der Waals surface area contributed by atoms with Crippen molar-refractivity contribution in [2.45, 2.75) is 58.7 Å². The Morgan fingerprint density at radius 3 is 2.48 bits per heavy atom. The summed E-state index contributed by atoms with van der Waals surface area (Å²) in [6.07, 6.45) is 3.03. The summed E-state index contributed by atoms with van der Waals surface area (Å²) in [5, 5.41) is 5.10. The van der Waals surface area contributed by atoms with Crippen LogP contribution in [0.4, 0.5) is 0 Å². The molecule has 2 heterocycles. The number of hydrogen-bond donors (Lipinski definition) is 0. The monoisotopic (exact) mass is 437 g/mol. The average molecular weight is 438 g/mol. The molecule has 1 saturated heterocycles. The quantitative estimate of drug-likeness (QED) is 0.646. The van der Waals surface area contributed by atoms with Crippen molar-refractivity contribution in [1.29, 1.82) is 0 Å². The van der Waals surface area contributed by atoms with Crippen molar-refractivity contribution < 1.29 is 14.3 Å². The van der Waals surface area contributed by atoms with E-state index in [4.69, 9.17) is 27.9 Å². The third kappa shape index (κ3) is 4.75. The fraction of sp³-hybridized carbons (Fsp3) is 0.476. The number of esters is 1. The number of aryl methyl sites for hydroxylation is 1. The first-order valence-electron chi connectivity index (χ1n) is 9.74. The van der Waals surface area contributed by atoms with E-state index in [1.807, 2.05) is 36.9 Å². The van der Waals surface area contributed by atoms with Crippen molar-refractivity contribution in [2.24, 2.45) is 0 Å². The van der Waals surface area contributed by atoms with Gasteiger partial charge in [0.15, 0.2) is 6.61 Å². The first-order valence-corrected chi connectivity index (χ1v) is 10.5. The highest BCUT2D eigenvalue weighted by atomic mass is 35.5. The van der Waals surface area contributed by atoms with E-state index < -0.39 is 5.97 Å². The molecule has 2 unspecified atom stereocenters. The second-order valence-corrected chi connectivity index (χ2v) is 8.27. The number of benzene rings is 1. The summed E-state index contributed by atoms with van der Waals surface area (Å²) in [5.41, 5.74) is 1.45. The second-order valence-electron chi connectivity index (χ2n) is 7.51. The molecule has 0 saturated carbocycles. The number of carbonyl (C=O) groups is 2. The van der Waals surface area contributed by atoms with Gasteiger partial charge in [-0.3, -0.25) is 4.79 Å². The molecular formula is C21H25Cl2N3O3. The molecule has 156 valence electrons. The van der Waals surface area contributed by atoms with Crippen LogP contribution in [0.2, 0.25) is 10.2 Å². The maximum absolute atomic E-state index is 12.6. The van der Waals surface area contributed by atoms with Crippen LogP contribution in [0.5, 0.6) is 0 Å². The lowest BCUT2D eigenvalue weighted by atomic mass is 9.97. The lowest BCUT2D eigenvalue weighted by Gasteiger charge is -2.38. The number of carbonyl (C=O) groups excluding carboxylic acids is 2. The molecule has 1 aliphatic heterocycles.